The Hall–Kier alpha value is -5.40. The summed E-state index contributed by atoms with van der Waals surface area (Å²) in [6, 6.07) is 18.4. The van der Waals surface area contributed by atoms with Crippen molar-refractivity contribution in [3.05, 3.63) is 113 Å². The van der Waals surface area contributed by atoms with Gasteiger partial charge < -0.3 is 30.2 Å². The van der Waals surface area contributed by atoms with Gasteiger partial charge in [-0.3, -0.25) is 9.59 Å². The number of hydrogen-bond donors (Lipinski definition) is 3. The maximum atomic E-state index is 13.4. The van der Waals surface area contributed by atoms with E-state index in [1.54, 1.807) is 50.6 Å². The molecule has 9 nitrogen and oxygen atoms in total. The van der Waals surface area contributed by atoms with E-state index in [2.05, 4.69) is 10.3 Å². The summed E-state index contributed by atoms with van der Waals surface area (Å²) in [7, 11) is 3.08. The van der Waals surface area contributed by atoms with Gasteiger partial charge in [-0.15, -0.1) is 12.4 Å². The highest BCUT2D eigenvalue weighted by molar-refractivity contribution is 6.04. The van der Waals surface area contributed by atoms with Crippen LogP contribution in [-0.2, 0) is 6.54 Å². The molecule has 0 radical (unpaired) electrons. The molecule has 0 saturated heterocycles. The molecule has 0 aliphatic rings. The summed E-state index contributed by atoms with van der Waals surface area (Å²) < 4.78 is 64.5. The van der Waals surface area contributed by atoms with Crippen molar-refractivity contribution in [2.45, 2.75) is 19.6 Å². The number of ether oxygens (including phenoxy) is 2. The van der Waals surface area contributed by atoms with Crippen molar-refractivity contribution < 1.29 is 36.9 Å². The lowest BCUT2D eigenvalue weighted by molar-refractivity contribution is -0.140. The Kier molecular flexibility index (Phi) is 12.9. The summed E-state index contributed by atoms with van der Waals surface area (Å²) in [6.07, 6.45) is -1.16. The summed E-state index contributed by atoms with van der Waals surface area (Å²) in [5.74, 6) is -0.120. The van der Waals surface area contributed by atoms with E-state index >= 15 is 0 Å². The number of rotatable bonds is 8. The van der Waals surface area contributed by atoms with Crippen LogP contribution >= 0.6 is 12.4 Å². The minimum absolute atomic E-state index is 0. The van der Waals surface area contributed by atoms with Crippen LogP contribution in [0, 0.1) is 5.82 Å². The molecular weight excluding hydrogens is 668 g/mol. The molecule has 0 spiro atoms. The number of nitrogen functional groups attached to an aromatic ring is 1. The van der Waals surface area contributed by atoms with Crippen molar-refractivity contribution in [2.24, 2.45) is 0 Å². The highest BCUT2D eigenvalue weighted by Crippen LogP contribution is 2.35. The Labute approximate surface area is 285 Å². The quantitative estimate of drug-likeness (QED) is 0.146. The fourth-order valence-electron chi connectivity index (χ4n) is 4.74. The predicted octanol–water partition coefficient (Wildman–Crippen LogP) is 7.22. The molecule has 258 valence electrons. The standard InChI is InChI=1S/C33H26F4N4O4.C2H6O.ClH/c1-44-28-12-7-21(14-29(28)45-2)22-13-25(31(38)39-15-22)19-5-10-24(11-6-19)40-32(43)27-17-41(18-33(35,36)37)16-26(30(27)42)20-3-8-23(34)9-4-20;1-2-3;/h3-17H,18H2,1-2H3,(H2,38,39)(H,40,43);3H,2H2,1H3;1H. The van der Waals surface area contributed by atoms with Gasteiger partial charge in [0.05, 0.1) is 14.2 Å². The fourth-order valence-corrected chi connectivity index (χ4v) is 4.74. The SMILES string of the molecule is CCO.COc1ccc(-c2cnc(N)c(-c3ccc(NC(=O)c4cn(CC(F)(F)F)cc(-c5ccc(F)cc5)c4=O)cc3)c2)cc1OC.Cl. The smallest absolute Gasteiger partial charge is 0.406 e. The zero-order valence-electron chi connectivity index (χ0n) is 26.5. The maximum absolute atomic E-state index is 13.4. The largest absolute Gasteiger partial charge is 0.493 e. The average Bonchev–Trinajstić information content (AvgIpc) is 3.06. The van der Waals surface area contributed by atoms with Gasteiger partial charge in [-0.25, -0.2) is 9.37 Å². The molecule has 0 aliphatic carbocycles. The van der Waals surface area contributed by atoms with Crippen LogP contribution in [0.15, 0.2) is 96.2 Å². The van der Waals surface area contributed by atoms with Gasteiger partial charge >= 0.3 is 6.18 Å². The summed E-state index contributed by atoms with van der Waals surface area (Å²) in [4.78, 5) is 30.7. The van der Waals surface area contributed by atoms with Crippen LogP contribution in [-0.4, -0.2) is 47.6 Å². The molecule has 0 fully saturated rings. The van der Waals surface area contributed by atoms with E-state index in [0.29, 0.717) is 27.2 Å². The van der Waals surface area contributed by atoms with Gasteiger partial charge in [-0.1, -0.05) is 30.3 Å². The molecule has 2 aromatic heterocycles. The first-order valence-corrected chi connectivity index (χ1v) is 14.4. The van der Waals surface area contributed by atoms with Crippen molar-refractivity contribution in [1.82, 2.24) is 9.55 Å². The van der Waals surface area contributed by atoms with Crippen LogP contribution in [0.1, 0.15) is 17.3 Å². The van der Waals surface area contributed by atoms with Crippen molar-refractivity contribution >= 4 is 29.8 Å². The molecule has 2 heterocycles. The van der Waals surface area contributed by atoms with E-state index in [1.165, 1.54) is 19.2 Å². The normalized spacial score (nSPS) is 10.7. The Bertz CT molecular complexity index is 1950. The number of aromatic nitrogens is 2. The number of halogens is 5. The highest BCUT2D eigenvalue weighted by atomic mass is 35.5. The topological polar surface area (TPSA) is 129 Å². The van der Waals surface area contributed by atoms with Gasteiger partial charge in [0.1, 0.15) is 23.7 Å². The second-order valence-electron chi connectivity index (χ2n) is 10.3. The Morgan fingerprint density at radius 2 is 1.45 bits per heavy atom. The molecule has 4 N–H and O–H groups in total. The second-order valence-corrected chi connectivity index (χ2v) is 10.3. The number of alkyl halides is 3. The summed E-state index contributed by atoms with van der Waals surface area (Å²) in [5, 5.41) is 10.1. The molecule has 3 aromatic carbocycles. The van der Waals surface area contributed by atoms with Gasteiger partial charge in [0.15, 0.2) is 11.5 Å². The molecule has 14 heteroatoms. The molecule has 0 aliphatic heterocycles. The molecule has 5 aromatic rings. The third kappa shape index (κ3) is 9.58. The van der Waals surface area contributed by atoms with Crippen molar-refractivity contribution in [2.75, 3.05) is 31.9 Å². The summed E-state index contributed by atoms with van der Waals surface area (Å²) >= 11 is 0. The Balaban J connectivity index is 0.00000157. The number of hydrogen-bond acceptors (Lipinski definition) is 7. The van der Waals surface area contributed by atoms with Crippen molar-refractivity contribution in [1.29, 1.82) is 0 Å². The molecule has 0 atom stereocenters. The number of methoxy groups -OCH3 is 2. The first-order chi connectivity index (χ1) is 22.9. The lowest BCUT2D eigenvalue weighted by Gasteiger charge is -2.14. The van der Waals surface area contributed by atoms with Gasteiger partial charge in [-0.05, 0) is 66.1 Å². The van der Waals surface area contributed by atoms with Gasteiger partial charge in [0.25, 0.3) is 5.91 Å². The van der Waals surface area contributed by atoms with Crippen molar-refractivity contribution in [3.63, 3.8) is 0 Å². The second kappa shape index (κ2) is 16.6. The zero-order chi connectivity index (χ0) is 35.0. The van der Waals surface area contributed by atoms with Crippen LogP contribution in [0.3, 0.4) is 0 Å². The molecular formula is C35H33ClF4N4O5. The van der Waals surface area contributed by atoms with Crippen LogP contribution in [0.4, 0.5) is 29.1 Å². The number of aliphatic hydroxyl groups excluding tert-OH is 1. The first-order valence-electron chi connectivity index (χ1n) is 14.4. The molecule has 1 amide bonds. The fraction of sp³-hybridized carbons (Fsp3) is 0.171. The number of nitrogens with zero attached hydrogens (tertiary/aromatic N) is 2. The molecule has 0 bridgehead atoms. The van der Waals surface area contributed by atoms with E-state index in [9.17, 15) is 27.2 Å². The van der Waals surface area contributed by atoms with E-state index in [1.807, 2.05) is 18.2 Å². The van der Waals surface area contributed by atoms with Crippen LogP contribution in [0.2, 0.25) is 0 Å². The van der Waals surface area contributed by atoms with E-state index in [0.717, 1.165) is 35.7 Å². The van der Waals surface area contributed by atoms with Crippen LogP contribution < -0.4 is 26.0 Å². The van der Waals surface area contributed by atoms with Gasteiger partial charge in [-0.2, -0.15) is 13.2 Å². The van der Waals surface area contributed by atoms with E-state index in [-0.39, 0.29) is 41.6 Å². The predicted molar refractivity (Wildman–Crippen MR) is 183 cm³/mol. The minimum atomic E-state index is -4.62. The monoisotopic (exact) mass is 700 g/mol. The molecule has 0 saturated carbocycles. The third-order valence-electron chi connectivity index (χ3n) is 6.93. The number of benzene rings is 3. The number of nitrogens with two attached hydrogens (primary N) is 1. The van der Waals surface area contributed by atoms with Crippen LogP contribution in [0.5, 0.6) is 11.5 Å². The number of amides is 1. The van der Waals surface area contributed by atoms with E-state index in [4.69, 9.17) is 20.3 Å². The van der Waals surface area contributed by atoms with Gasteiger partial charge in [0, 0.05) is 47.6 Å². The lowest BCUT2D eigenvalue weighted by Crippen LogP contribution is -2.27. The molecule has 49 heavy (non-hydrogen) atoms. The number of carbonyl (C=O) groups is 1. The van der Waals surface area contributed by atoms with Crippen molar-refractivity contribution in [3.8, 4) is 44.9 Å². The van der Waals surface area contributed by atoms with Crippen LogP contribution in [0.25, 0.3) is 33.4 Å². The first kappa shape index (κ1) is 38.1. The number of aliphatic hydroxyl groups is 1. The minimum Gasteiger partial charge on any atom is -0.493 e. The Morgan fingerprint density at radius 3 is 2.04 bits per heavy atom. The zero-order valence-corrected chi connectivity index (χ0v) is 27.4. The summed E-state index contributed by atoms with van der Waals surface area (Å²) in [5.41, 5.74) is 7.97. The third-order valence-corrected chi connectivity index (χ3v) is 6.93. The number of nitrogens with one attached hydrogen (secondary N) is 1. The molecule has 0 unspecified atom stereocenters. The lowest BCUT2D eigenvalue weighted by atomic mass is 10.0. The number of pyridine rings is 2. The average molecular weight is 701 g/mol. The van der Waals surface area contributed by atoms with Gasteiger partial charge in [0.2, 0.25) is 5.43 Å². The summed E-state index contributed by atoms with van der Waals surface area (Å²) in [6.45, 7) is 0.494. The van der Waals surface area contributed by atoms with E-state index < -0.39 is 35.4 Å². The molecule has 5 rings (SSSR count). The number of carbonyl (C=O) groups excluding carboxylic acids is 1. The number of anilines is 2. The maximum Gasteiger partial charge on any atom is 0.406 e. The highest BCUT2D eigenvalue weighted by Gasteiger charge is 2.29. The Morgan fingerprint density at radius 1 is 0.878 bits per heavy atom.